The number of hydrogen-bond donors (Lipinski definition) is 2. The number of nitrogens with zero attached hydrogens (tertiary/aromatic N) is 1. The fraction of sp³-hybridized carbons (Fsp3) is 0.562. The molecule has 1 aliphatic heterocycles. The minimum absolute atomic E-state index is 0.130. The minimum atomic E-state index is -0.474. The van der Waals surface area contributed by atoms with Crippen molar-refractivity contribution in [2.24, 2.45) is 11.7 Å². The molecule has 0 aliphatic carbocycles. The molecule has 1 aromatic rings. The average molecular weight is 291 g/mol. The monoisotopic (exact) mass is 291 g/mol. The molecule has 1 amide bonds. The Labute approximate surface area is 126 Å². The molecule has 21 heavy (non-hydrogen) atoms. The summed E-state index contributed by atoms with van der Waals surface area (Å²) < 4.78 is 5.34. The average Bonchev–Trinajstić information content (AvgIpc) is 2.49. The molecule has 3 N–H and O–H groups in total. The highest BCUT2D eigenvalue weighted by atomic mass is 16.5. The first-order valence-electron chi connectivity index (χ1n) is 7.52. The van der Waals surface area contributed by atoms with Gasteiger partial charge in [0.05, 0.1) is 19.3 Å². The van der Waals surface area contributed by atoms with E-state index in [9.17, 15) is 4.79 Å². The number of morpholine rings is 1. The lowest BCUT2D eigenvalue weighted by atomic mass is 10.0. The molecule has 1 saturated heterocycles. The van der Waals surface area contributed by atoms with Crippen molar-refractivity contribution in [3.63, 3.8) is 0 Å². The number of hydrogen-bond acceptors (Lipinski definition) is 4. The lowest BCUT2D eigenvalue weighted by Crippen LogP contribution is -2.39. The van der Waals surface area contributed by atoms with Crippen LogP contribution in [0.4, 0.5) is 5.69 Å². The Kier molecular flexibility index (Phi) is 5.73. The van der Waals surface area contributed by atoms with Gasteiger partial charge in [0.25, 0.3) is 0 Å². The van der Waals surface area contributed by atoms with Gasteiger partial charge in [-0.2, -0.15) is 0 Å². The minimum Gasteiger partial charge on any atom is -0.379 e. The van der Waals surface area contributed by atoms with Crippen molar-refractivity contribution in [2.75, 3.05) is 31.6 Å². The number of carbonyl (C=O) groups excluding carboxylic acids is 1. The zero-order chi connectivity index (χ0) is 15.2. The van der Waals surface area contributed by atoms with Gasteiger partial charge in [0.2, 0.25) is 5.91 Å². The Morgan fingerprint density at radius 1 is 1.29 bits per heavy atom. The van der Waals surface area contributed by atoms with Crippen LogP contribution in [0, 0.1) is 5.92 Å². The topological polar surface area (TPSA) is 67.6 Å². The van der Waals surface area contributed by atoms with Crippen LogP contribution in [0.15, 0.2) is 24.3 Å². The molecule has 0 aromatic heterocycles. The smallest absolute Gasteiger partial charge is 0.241 e. The third-order valence-electron chi connectivity index (χ3n) is 3.75. The van der Waals surface area contributed by atoms with Gasteiger partial charge in [-0.15, -0.1) is 0 Å². The van der Waals surface area contributed by atoms with Gasteiger partial charge in [-0.3, -0.25) is 9.69 Å². The summed E-state index contributed by atoms with van der Waals surface area (Å²) in [5.41, 5.74) is 7.86. The maximum atomic E-state index is 11.9. The number of amides is 1. The SMILES string of the molecule is CC(C)C(N)C(=O)Nc1ccc(CN2CCOCC2)cc1. The largest absolute Gasteiger partial charge is 0.379 e. The standard InChI is InChI=1S/C16H25N3O2/c1-12(2)15(17)16(20)18-14-5-3-13(4-6-14)11-19-7-9-21-10-8-19/h3-6,12,15H,7-11,17H2,1-2H3,(H,18,20). The van der Waals surface area contributed by atoms with E-state index in [0.29, 0.717) is 0 Å². The van der Waals surface area contributed by atoms with E-state index in [0.717, 1.165) is 38.5 Å². The van der Waals surface area contributed by atoms with Crippen LogP contribution in [-0.4, -0.2) is 43.2 Å². The lowest BCUT2D eigenvalue weighted by Gasteiger charge is -2.26. The molecule has 0 radical (unpaired) electrons. The molecular formula is C16H25N3O2. The van der Waals surface area contributed by atoms with Gasteiger partial charge in [-0.25, -0.2) is 0 Å². The summed E-state index contributed by atoms with van der Waals surface area (Å²) in [5, 5.41) is 2.86. The summed E-state index contributed by atoms with van der Waals surface area (Å²) in [7, 11) is 0. The highest BCUT2D eigenvalue weighted by Crippen LogP contribution is 2.13. The quantitative estimate of drug-likeness (QED) is 0.861. The van der Waals surface area contributed by atoms with E-state index in [1.807, 2.05) is 38.1 Å². The van der Waals surface area contributed by atoms with E-state index in [4.69, 9.17) is 10.5 Å². The maximum absolute atomic E-state index is 11.9. The van der Waals surface area contributed by atoms with Gasteiger partial charge in [0, 0.05) is 25.3 Å². The number of nitrogens with two attached hydrogens (primary N) is 1. The molecule has 5 nitrogen and oxygen atoms in total. The molecule has 2 rings (SSSR count). The molecule has 1 fully saturated rings. The lowest BCUT2D eigenvalue weighted by molar-refractivity contribution is -0.118. The zero-order valence-corrected chi connectivity index (χ0v) is 12.8. The summed E-state index contributed by atoms with van der Waals surface area (Å²) in [6.45, 7) is 8.36. The molecule has 1 aromatic carbocycles. The molecular weight excluding hydrogens is 266 g/mol. The molecule has 0 saturated carbocycles. The van der Waals surface area contributed by atoms with Crippen molar-refractivity contribution in [1.82, 2.24) is 4.90 Å². The molecule has 1 unspecified atom stereocenters. The van der Waals surface area contributed by atoms with Gasteiger partial charge in [0.15, 0.2) is 0 Å². The normalized spacial score (nSPS) is 17.7. The van der Waals surface area contributed by atoms with E-state index in [1.54, 1.807) is 0 Å². The molecule has 1 atom stereocenters. The van der Waals surface area contributed by atoms with Crippen molar-refractivity contribution >= 4 is 11.6 Å². The summed E-state index contributed by atoms with van der Waals surface area (Å²) in [4.78, 5) is 14.3. The molecule has 0 spiro atoms. The highest BCUT2D eigenvalue weighted by molar-refractivity contribution is 5.94. The number of benzene rings is 1. The third kappa shape index (κ3) is 4.81. The Morgan fingerprint density at radius 3 is 2.48 bits per heavy atom. The van der Waals surface area contributed by atoms with E-state index in [1.165, 1.54) is 5.56 Å². The molecule has 1 aliphatic rings. The number of ether oxygens (including phenoxy) is 1. The van der Waals surface area contributed by atoms with E-state index in [2.05, 4.69) is 10.2 Å². The number of anilines is 1. The molecule has 0 bridgehead atoms. The predicted octanol–water partition coefficient (Wildman–Crippen LogP) is 1.44. The van der Waals surface area contributed by atoms with Crippen molar-refractivity contribution in [2.45, 2.75) is 26.4 Å². The summed E-state index contributed by atoms with van der Waals surface area (Å²) >= 11 is 0. The van der Waals surface area contributed by atoms with Crippen LogP contribution in [0.25, 0.3) is 0 Å². The predicted molar refractivity (Wildman–Crippen MR) is 84.0 cm³/mol. The van der Waals surface area contributed by atoms with E-state index in [-0.39, 0.29) is 11.8 Å². The highest BCUT2D eigenvalue weighted by Gasteiger charge is 2.17. The number of nitrogens with one attached hydrogen (secondary N) is 1. The maximum Gasteiger partial charge on any atom is 0.241 e. The van der Waals surface area contributed by atoms with Gasteiger partial charge >= 0.3 is 0 Å². The number of carbonyl (C=O) groups is 1. The fourth-order valence-corrected chi connectivity index (χ4v) is 2.24. The van der Waals surface area contributed by atoms with Crippen LogP contribution in [0.2, 0.25) is 0 Å². The van der Waals surface area contributed by atoms with Crippen molar-refractivity contribution in [3.8, 4) is 0 Å². The first-order chi connectivity index (χ1) is 10.1. The van der Waals surface area contributed by atoms with Gasteiger partial charge < -0.3 is 15.8 Å². The fourth-order valence-electron chi connectivity index (χ4n) is 2.24. The number of rotatable bonds is 5. The molecule has 116 valence electrons. The zero-order valence-electron chi connectivity index (χ0n) is 12.8. The van der Waals surface area contributed by atoms with Crippen LogP contribution >= 0.6 is 0 Å². The second kappa shape index (κ2) is 7.54. The first kappa shape index (κ1) is 15.9. The Hall–Kier alpha value is -1.43. The van der Waals surface area contributed by atoms with Crippen LogP contribution in [0.5, 0.6) is 0 Å². The Bertz CT molecular complexity index is 453. The first-order valence-corrected chi connectivity index (χ1v) is 7.52. The van der Waals surface area contributed by atoms with E-state index < -0.39 is 6.04 Å². The van der Waals surface area contributed by atoms with Crippen molar-refractivity contribution in [1.29, 1.82) is 0 Å². The van der Waals surface area contributed by atoms with Crippen LogP contribution in [0.1, 0.15) is 19.4 Å². The van der Waals surface area contributed by atoms with Crippen LogP contribution in [0.3, 0.4) is 0 Å². The van der Waals surface area contributed by atoms with Crippen molar-refractivity contribution < 1.29 is 9.53 Å². The molecule has 5 heteroatoms. The Balaban J connectivity index is 1.88. The van der Waals surface area contributed by atoms with Gasteiger partial charge in [0.1, 0.15) is 0 Å². The Morgan fingerprint density at radius 2 is 1.90 bits per heavy atom. The molecule has 1 heterocycles. The summed E-state index contributed by atoms with van der Waals surface area (Å²) in [5.74, 6) is -0.00322. The van der Waals surface area contributed by atoms with Crippen molar-refractivity contribution in [3.05, 3.63) is 29.8 Å². The van der Waals surface area contributed by atoms with Gasteiger partial charge in [-0.05, 0) is 23.6 Å². The third-order valence-corrected chi connectivity index (χ3v) is 3.75. The summed E-state index contributed by atoms with van der Waals surface area (Å²) in [6.07, 6.45) is 0. The second-order valence-corrected chi connectivity index (χ2v) is 5.84. The van der Waals surface area contributed by atoms with Gasteiger partial charge in [-0.1, -0.05) is 26.0 Å². The second-order valence-electron chi connectivity index (χ2n) is 5.84. The summed E-state index contributed by atoms with van der Waals surface area (Å²) in [6, 6.07) is 7.48. The van der Waals surface area contributed by atoms with Crippen LogP contribution < -0.4 is 11.1 Å². The van der Waals surface area contributed by atoms with E-state index >= 15 is 0 Å². The van der Waals surface area contributed by atoms with Crippen LogP contribution in [-0.2, 0) is 16.1 Å².